The maximum Gasteiger partial charge on any atom is 0.275 e. The normalized spacial score (nSPS) is 15.1. The van der Waals surface area contributed by atoms with Crippen molar-refractivity contribution in [1.29, 1.82) is 0 Å². The Morgan fingerprint density at radius 3 is 2.66 bits per heavy atom. The Balaban J connectivity index is 1.79. The molecule has 0 aliphatic carbocycles. The number of hydrazone groups is 1. The van der Waals surface area contributed by atoms with Crippen LogP contribution in [0.3, 0.4) is 0 Å². The third-order valence-corrected chi connectivity index (χ3v) is 5.30. The molecule has 2 aromatic carbocycles. The van der Waals surface area contributed by atoms with E-state index in [-0.39, 0.29) is 11.4 Å². The SMILES string of the molecule is CCN1c2ccc(/C=N/NC(=O)c3ccc(C)cc3OC)cc2C(C)=CC1(C)C. The van der Waals surface area contributed by atoms with Crippen molar-refractivity contribution in [3.05, 3.63) is 64.7 Å². The summed E-state index contributed by atoms with van der Waals surface area (Å²) in [6.45, 7) is 11.7. The van der Waals surface area contributed by atoms with Crippen LogP contribution < -0.4 is 15.1 Å². The van der Waals surface area contributed by atoms with Gasteiger partial charge in [0, 0.05) is 17.8 Å². The predicted octanol–water partition coefficient (Wildman–Crippen LogP) is 4.79. The molecular formula is C24H29N3O2. The molecule has 0 atom stereocenters. The van der Waals surface area contributed by atoms with E-state index in [0.717, 1.165) is 17.7 Å². The second kappa shape index (κ2) is 8.11. The number of amides is 1. The van der Waals surface area contributed by atoms with Gasteiger partial charge in [0.25, 0.3) is 5.91 Å². The Labute approximate surface area is 173 Å². The molecule has 0 aromatic heterocycles. The Hall–Kier alpha value is -3.08. The number of rotatable bonds is 5. The highest BCUT2D eigenvalue weighted by Crippen LogP contribution is 2.38. The maximum absolute atomic E-state index is 12.4. The Kier molecular flexibility index (Phi) is 5.78. The van der Waals surface area contributed by atoms with Crippen LogP contribution in [0, 0.1) is 6.92 Å². The molecule has 0 radical (unpaired) electrons. The molecule has 2 aromatic rings. The molecule has 1 aliphatic rings. The van der Waals surface area contributed by atoms with Crippen molar-refractivity contribution >= 4 is 23.4 Å². The molecule has 0 saturated heterocycles. The van der Waals surface area contributed by atoms with Gasteiger partial charge in [-0.3, -0.25) is 4.79 Å². The highest BCUT2D eigenvalue weighted by molar-refractivity contribution is 5.97. The van der Waals surface area contributed by atoms with Crippen LogP contribution in [0.2, 0.25) is 0 Å². The van der Waals surface area contributed by atoms with Crippen molar-refractivity contribution in [2.24, 2.45) is 5.10 Å². The second-order valence-electron chi connectivity index (χ2n) is 7.90. The number of likely N-dealkylation sites (N-methyl/N-ethyl adjacent to an activating group) is 1. The molecule has 0 bridgehead atoms. The fourth-order valence-corrected chi connectivity index (χ4v) is 3.97. The number of anilines is 1. The summed E-state index contributed by atoms with van der Waals surface area (Å²) in [6, 6.07) is 11.7. The van der Waals surface area contributed by atoms with Crippen LogP contribution in [0.15, 0.2) is 47.6 Å². The van der Waals surface area contributed by atoms with Gasteiger partial charge in [-0.25, -0.2) is 5.43 Å². The zero-order chi connectivity index (χ0) is 21.2. The van der Waals surface area contributed by atoms with Crippen molar-refractivity contribution in [2.45, 2.75) is 40.2 Å². The summed E-state index contributed by atoms with van der Waals surface area (Å²) in [6.07, 6.45) is 3.97. The minimum atomic E-state index is -0.300. The van der Waals surface area contributed by atoms with Gasteiger partial charge in [0.15, 0.2) is 0 Å². The fourth-order valence-electron chi connectivity index (χ4n) is 3.97. The van der Waals surface area contributed by atoms with Gasteiger partial charge in [-0.15, -0.1) is 0 Å². The highest BCUT2D eigenvalue weighted by atomic mass is 16.5. The van der Waals surface area contributed by atoms with E-state index < -0.39 is 0 Å². The van der Waals surface area contributed by atoms with E-state index in [2.05, 4.69) is 61.3 Å². The van der Waals surface area contributed by atoms with E-state index in [9.17, 15) is 4.79 Å². The van der Waals surface area contributed by atoms with Gasteiger partial charge in [0.05, 0.1) is 24.4 Å². The average molecular weight is 392 g/mol. The van der Waals surface area contributed by atoms with Crippen molar-refractivity contribution in [3.63, 3.8) is 0 Å². The summed E-state index contributed by atoms with van der Waals surface area (Å²) in [5, 5.41) is 4.14. The van der Waals surface area contributed by atoms with Gasteiger partial charge in [0.2, 0.25) is 0 Å². The number of nitrogens with one attached hydrogen (secondary N) is 1. The molecule has 152 valence electrons. The van der Waals surface area contributed by atoms with Gasteiger partial charge in [-0.2, -0.15) is 5.10 Å². The highest BCUT2D eigenvalue weighted by Gasteiger charge is 2.29. The van der Waals surface area contributed by atoms with E-state index in [1.807, 2.05) is 25.1 Å². The van der Waals surface area contributed by atoms with Gasteiger partial charge in [-0.05, 0) is 75.6 Å². The number of hydrogen-bond acceptors (Lipinski definition) is 4. The molecule has 29 heavy (non-hydrogen) atoms. The number of hydrogen-bond donors (Lipinski definition) is 1. The first-order valence-corrected chi connectivity index (χ1v) is 9.86. The molecule has 3 rings (SSSR count). The van der Waals surface area contributed by atoms with Crippen molar-refractivity contribution in [1.82, 2.24) is 5.43 Å². The number of fused-ring (bicyclic) bond motifs is 1. The average Bonchev–Trinajstić information content (AvgIpc) is 2.67. The van der Waals surface area contributed by atoms with Crippen LogP contribution in [-0.2, 0) is 0 Å². The van der Waals surface area contributed by atoms with Crippen LogP contribution in [0.5, 0.6) is 5.75 Å². The van der Waals surface area contributed by atoms with E-state index >= 15 is 0 Å². The Bertz CT molecular complexity index is 990. The van der Waals surface area contributed by atoms with Crippen LogP contribution >= 0.6 is 0 Å². The number of nitrogens with zero attached hydrogens (tertiary/aromatic N) is 2. The molecule has 5 heteroatoms. The van der Waals surface area contributed by atoms with Crippen molar-refractivity contribution in [2.75, 3.05) is 18.6 Å². The van der Waals surface area contributed by atoms with Gasteiger partial charge in [0.1, 0.15) is 5.75 Å². The summed E-state index contributed by atoms with van der Waals surface area (Å²) in [5.74, 6) is 0.237. The largest absolute Gasteiger partial charge is 0.496 e. The lowest BCUT2D eigenvalue weighted by Crippen LogP contribution is -2.44. The fraction of sp³-hybridized carbons (Fsp3) is 0.333. The van der Waals surface area contributed by atoms with Crippen LogP contribution in [0.1, 0.15) is 54.7 Å². The summed E-state index contributed by atoms with van der Waals surface area (Å²) < 4.78 is 5.30. The molecule has 0 fully saturated rings. The monoisotopic (exact) mass is 391 g/mol. The van der Waals surface area contributed by atoms with Crippen molar-refractivity contribution in [3.8, 4) is 5.75 Å². The molecule has 0 spiro atoms. The quantitative estimate of drug-likeness (QED) is 0.589. The third kappa shape index (κ3) is 4.19. The zero-order valence-corrected chi connectivity index (χ0v) is 18.0. The van der Waals surface area contributed by atoms with E-state index in [1.54, 1.807) is 19.4 Å². The smallest absolute Gasteiger partial charge is 0.275 e. The van der Waals surface area contributed by atoms with Crippen LogP contribution in [0.25, 0.3) is 5.57 Å². The minimum Gasteiger partial charge on any atom is -0.496 e. The lowest BCUT2D eigenvalue weighted by Gasteiger charge is -2.42. The maximum atomic E-state index is 12.4. The first-order valence-electron chi connectivity index (χ1n) is 9.86. The molecular weight excluding hydrogens is 362 g/mol. The molecule has 0 saturated carbocycles. The standard InChI is InChI=1S/C24H29N3O2/c1-7-27-21-11-9-18(13-20(21)17(3)14-24(27,4)5)15-25-26-23(28)19-10-8-16(2)12-22(19)29-6/h8-15H,7H2,1-6H3,(H,26,28)/b25-15+. The molecule has 1 N–H and O–H groups in total. The molecule has 1 aliphatic heterocycles. The number of aryl methyl sites for hydroxylation is 1. The second-order valence-corrected chi connectivity index (χ2v) is 7.90. The van der Waals surface area contributed by atoms with Gasteiger partial charge < -0.3 is 9.64 Å². The first kappa shape index (κ1) is 20.6. The van der Waals surface area contributed by atoms with E-state index in [4.69, 9.17) is 4.74 Å². The number of benzene rings is 2. The van der Waals surface area contributed by atoms with E-state index in [0.29, 0.717) is 11.3 Å². The van der Waals surface area contributed by atoms with Crippen molar-refractivity contribution < 1.29 is 9.53 Å². The van der Waals surface area contributed by atoms with E-state index in [1.165, 1.54) is 16.8 Å². The summed E-state index contributed by atoms with van der Waals surface area (Å²) in [5.41, 5.74) is 8.67. The van der Waals surface area contributed by atoms with Gasteiger partial charge in [-0.1, -0.05) is 18.2 Å². The molecule has 5 nitrogen and oxygen atoms in total. The Morgan fingerprint density at radius 2 is 1.97 bits per heavy atom. The summed E-state index contributed by atoms with van der Waals surface area (Å²) >= 11 is 0. The van der Waals surface area contributed by atoms with Crippen LogP contribution in [-0.4, -0.2) is 31.3 Å². The molecule has 1 heterocycles. The molecule has 0 unspecified atom stereocenters. The Morgan fingerprint density at radius 1 is 1.21 bits per heavy atom. The van der Waals surface area contributed by atoms with Gasteiger partial charge >= 0.3 is 0 Å². The zero-order valence-electron chi connectivity index (χ0n) is 18.0. The number of ether oxygens (including phenoxy) is 1. The number of allylic oxidation sites excluding steroid dienone is 1. The van der Waals surface area contributed by atoms with Crippen LogP contribution in [0.4, 0.5) is 5.69 Å². The summed E-state index contributed by atoms with van der Waals surface area (Å²) in [4.78, 5) is 14.8. The third-order valence-electron chi connectivity index (χ3n) is 5.30. The first-order chi connectivity index (χ1) is 13.8. The summed E-state index contributed by atoms with van der Waals surface area (Å²) in [7, 11) is 1.55. The molecule has 1 amide bonds. The number of carbonyl (C=O) groups is 1. The number of carbonyl (C=O) groups excluding carboxylic acids is 1. The lowest BCUT2D eigenvalue weighted by molar-refractivity contribution is 0.0952. The number of methoxy groups -OCH3 is 1. The topological polar surface area (TPSA) is 53.9 Å². The lowest BCUT2D eigenvalue weighted by atomic mass is 9.88. The predicted molar refractivity (Wildman–Crippen MR) is 120 cm³/mol. The minimum absolute atomic E-state index is 0.0114.